The van der Waals surface area contributed by atoms with Crippen LogP contribution in [-0.2, 0) is 4.79 Å². The predicted octanol–water partition coefficient (Wildman–Crippen LogP) is -1.17. The van der Waals surface area contributed by atoms with Crippen LogP contribution in [0, 0.1) is 0 Å². The quantitative estimate of drug-likeness (QED) is 0.449. The molecule has 0 amide bonds. The second-order valence-corrected chi connectivity index (χ2v) is 1.93. The number of aliphatic carboxylic acids is 1. The summed E-state index contributed by atoms with van der Waals surface area (Å²) in [6, 6.07) is -1.11. The maximum absolute atomic E-state index is 11.6. The zero-order chi connectivity index (χ0) is 7.98. The Morgan fingerprint density at radius 3 is 2.55 bits per heavy atom. The first-order chi connectivity index (χ1) is 4.72. The average molecular weight is 168 g/mol. The predicted molar refractivity (Wildman–Crippen MR) is 37.6 cm³/mol. The molecule has 0 saturated heterocycles. The fourth-order valence-corrected chi connectivity index (χ4v) is 0.547. The van der Waals surface area contributed by atoms with E-state index in [0.29, 0.717) is 13.0 Å². The Labute approximate surface area is 63.6 Å². The highest BCUT2D eigenvalue weighted by atomic mass is 19.2. The minimum Gasteiger partial charge on any atom is -0.480 e. The van der Waals surface area contributed by atoms with Gasteiger partial charge in [-0.2, -0.15) is 0 Å². The lowest BCUT2D eigenvalue weighted by Crippen LogP contribution is -2.31. The molecule has 0 aromatic heterocycles. The molecule has 0 radical (unpaired) electrons. The van der Waals surface area contributed by atoms with E-state index in [2.05, 4.69) is 0 Å². The second-order valence-electron chi connectivity index (χ2n) is 1.93. The molecular formula is C5H13FN2O3. The molecule has 11 heavy (non-hydrogen) atoms. The SMILES string of the molecule is NCCC[C@H](NF)C(=O)O.O. The Bertz CT molecular complexity index is 112. The summed E-state index contributed by atoms with van der Waals surface area (Å²) in [6.07, 6.45) is 0.732. The molecule has 5 nitrogen and oxygen atoms in total. The van der Waals surface area contributed by atoms with Crippen LogP contribution in [0.4, 0.5) is 4.48 Å². The number of rotatable bonds is 5. The highest BCUT2D eigenvalue weighted by molar-refractivity contribution is 5.73. The summed E-state index contributed by atoms with van der Waals surface area (Å²) in [5, 5.41) is 8.26. The van der Waals surface area contributed by atoms with E-state index < -0.39 is 12.0 Å². The van der Waals surface area contributed by atoms with Crippen LogP contribution in [0.2, 0.25) is 0 Å². The molecule has 1 atom stereocenters. The van der Waals surface area contributed by atoms with Gasteiger partial charge in [0.05, 0.1) is 0 Å². The molecule has 0 unspecified atom stereocenters. The van der Waals surface area contributed by atoms with Crippen molar-refractivity contribution >= 4 is 5.97 Å². The average Bonchev–Trinajstić information content (AvgIpc) is 1.89. The molecule has 0 aromatic rings. The number of hydrogen-bond acceptors (Lipinski definition) is 3. The van der Waals surface area contributed by atoms with Gasteiger partial charge in [-0.3, -0.25) is 4.79 Å². The molecule has 6 N–H and O–H groups in total. The molecule has 0 aliphatic rings. The first kappa shape index (κ1) is 12.9. The normalized spacial score (nSPS) is 11.8. The third-order valence-corrected chi connectivity index (χ3v) is 1.13. The third kappa shape index (κ3) is 5.71. The van der Waals surface area contributed by atoms with Crippen molar-refractivity contribution in [2.24, 2.45) is 5.73 Å². The van der Waals surface area contributed by atoms with Crippen molar-refractivity contribution in [2.45, 2.75) is 18.9 Å². The van der Waals surface area contributed by atoms with Crippen molar-refractivity contribution in [1.82, 2.24) is 5.54 Å². The lowest BCUT2D eigenvalue weighted by atomic mass is 10.2. The highest BCUT2D eigenvalue weighted by Crippen LogP contribution is 1.95. The van der Waals surface area contributed by atoms with Gasteiger partial charge in [-0.05, 0) is 19.4 Å². The van der Waals surface area contributed by atoms with Gasteiger partial charge >= 0.3 is 5.97 Å². The van der Waals surface area contributed by atoms with Gasteiger partial charge in [-0.25, -0.2) is 0 Å². The van der Waals surface area contributed by atoms with E-state index in [-0.39, 0.29) is 11.9 Å². The number of carboxylic acids is 1. The maximum atomic E-state index is 11.6. The molecule has 0 aromatic carbocycles. The summed E-state index contributed by atoms with van der Waals surface area (Å²) >= 11 is 0. The lowest BCUT2D eigenvalue weighted by Gasteiger charge is -2.05. The second kappa shape index (κ2) is 7.39. The Morgan fingerprint density at radius 1 is 1.73 bits per heavy atom. The highest BCUT2D eigenvalue weighted by Gasteiger charge is 2.14. The topological polar surface area (TPSA) is 107 Å². The van der Waals surface area contributed by atoms with Crippen LogP contribution < -0.4 is 11.3 Å². The van der Waals surface area contributed by atoms with Crippen molar-refractivity contribution < 1.29 is 19.9 Å². The summed E-state index contributed by atoms with van der Waals surface area (Å²) in [5.41, 5.74) is 6.27. The van der Waals surface area contributed by atoms with E-state index >= 15 is 0 Å². The number of nitrogens with one attached hydrogen (secondary N) is 1. The number of nitrogens with two attached hydrogens (primary N) is 1. The van der Waals surface area contributed by atoms with E-state index in [9.17, 15) is 9.28 Å². The molecule has 0 rings (SSSR count). The monoisotopic (exact) mass is 168 g/mol. The van der Waals surface area contributed by atoms with E-state index in [1.54, 1.807) is 0 Å². The number of carbonyl (C=O) groups is 1. The molecule has 0 aliphatic carbocycles. The summed E-state index contributed by atoms with van der Waals surface area (Å²) in [7, 11) is 0. The number of hydrogen-bond donors (Lipinski definition) is 3. The van der Waals surface area contributed by atoms with Crippen LogP contribution in [0.1, 0.15) is 12.8 Å². The molecule has 0 saturated carbocycles. The van der Waals surface area contributed by atoms with Gasteiger partial charge in [0.25, 0.3) is 0 Å². The molecule has 0 spiro atoms. The van der Waals surface area contributed by atoms with Crippen molar-refractivity contribution in [2.75, 3.05) is 6.54 Å². The summed E-state index contributed by atoms with van der Waals surface area (Å²) in [4.78, 5) is 10.1. The van der Waals surface area contributed by atoms with E-state index in [4.69, 9.17) is 10.8 Å². The van der Waals surface area contributed by atoms with Crippen molar-refractivity contribution in [3.05, 3.63) is 0 Å². The van der Waals surface area contributed by atoms with Crippen molar-refractivity contribution in [3.8, 4) is 0 Å². The Kier molecular flexibility index (Phi) is 8.67. The Hall–Kier alpha value is -0.720. The van der Waals surface area contributed by atoms with Crippen LogP contribution in [0.5, 0.6) is 0 Å². The zero-order valence-electron chi connectivity index (χ0n) is 6.01. The van der Waals surface area contributed by atoms with Gasteiger partial charge in [-0.1, -0.05) is 0 Å². The first-order valence-electron chi connectivity index (χ1n) is 3.01. The smallest absolute Gasteiger partial charge is 0.323 e. The minimum atomic E-state index is -1.18. The van der Waals surface area contributed by atoms with Gasteiger partial charge in [-0.15, -0.1) is 10.0 Å². The summed E-state index contributed by atoms with van der Waals surface area (Å²) in [6.45, 7) is 0.380. The molecule has 0 bridgehead atoms. The van der Waals surface area contributed by atoms with E-state index in [0.717, 1.165) is 0 Å². The number of halogens is 1. The lowest BCUT2D eigenvalue weighted by molar-refractivity contribution is -0.141. The largest absolute Gasteiger partial charge is 0.480 e. The first-order valence-corrected chi connectivity index (χ1v) is 3.01. The fraction of sp³-hybridized carbons (Fsp3) is 0.800. The van der Waals surface area contributed by atoms with Gasteiger partial charge in [0.1, 0.15) is 6.04 Å². The summed E-state index contributed by atoms with van der Waals surface area (Å²) < 4.78 is 11.6. The van der Waals surface area contributed by atoms with Gasteiger partial charge < -0.3 is 16.3 Å². The van der Waals surface area contributed by atoms with Crippen LogP contribution in [-0.4, -0.2) is 29.1 Å². The van der Waals surface area contributed by atoms with Crippen LogP contribution in [0.15, 0.2) is 0 Å². The Balaban J connectivity index is 0. The van der Waals surface area contributed by atoms with Gasteiger partial charge in [0.2, 0.25) is 0 Å². The molecule has 68 valence electrons. The molecule has 6 heteroatoms. The van der Waals surface area contributed by atoms with Crippen LogP contribution >= 0.6 is 0 Å². The van der Waals surface area contributed by atoms with Gasteiger partial charge in [0, 0.05) is 0 Å². The Morgan fingerprint density at radius 2 is 2.27 bits per heavy atom. The molecular weight excluding hydrogens is 155 g/mol. The van der Waals surface area contributed by atoms with Gasteiger partial charge in [0.15, 0.2) is 0 Å². The van der Waals surface area contributed by atoms with Crippen molar-refractivity contribution in [1.29, 1.82) is 0 Å². The molecule has 0 heterocycles. The van der Waals surface area contributed by atoms with Crippen molar-refractivity contribution in [3.63, 3.8) is 0 Å². The maximum Gasteiger partial charge on any atom is 0.323 e. The standard InChI is InChI=1S/C5H11FN2O2.H2O/c6-8-4(5(9)10)2-1-3-7;/h4,8H,1-3,7H2,(H,9,10);1H2/t4-;/m0./s1. The molecule has 0 aliphatic heterocycles. The van der Waals surface area contributed by atoms with E-state index in [1.807, 2.05) is 0 Å². The van der Waals surface area contributed by atoms with Crippen LogP contribution in [0.25, 0.3) is 0 Å². The zero-order valence-corrected chi connectivity index (χ0v) is 6.01. The van der Waals surface area contributed by atoms with Crippen LogP contribution in [0.3, 0.4) is 0 Å². The molecule has 0 fully saturated rings. The number of carboxylic acid groups (broad SMARTS) is 1. The minimum absolute atomic E-state index is 0. The van der Waals surface area contributed by atoms with E-state index in [1.165, 1.54) is 5.54 Å². The third-order valence-electron chi connectivity index (χ3n) is 1.13. The fourth-order valence-electron chi connectivity index (χ4n) is 0.547. The summed E-state index contributed by atoms with van der Waals surface area (Å²) in [5.74, 6) is -1.18.